The Kier molecular flexibility index (Phi) is 5.61. The van der Waals surface area contributed by atoms with E-state index in [0.717, 1.165) is 23.4 Å². The van der Waals surface area contributed by atoms with Crippen molar-refractivity contribution in [3.63, 3.8) is 0 Å². The number of benzene rings is 2. The van der Waals surface area contributed by atoms with Gasteiger partial charge in [-0.25, -0.2) is 8.42 Å². The zero-order chi connectivity index (χ0) is 19.5. The van der Waals surface area contributed by atoms with Gasteiger partial charge < -0.3 is 10.6 Å². The molecular formula is C17H19N3O5S. The predicted octanol–water partition coefficient (Wildman–Crippen LogP) is 2.67. The van der Waals surface area contributed by atoms with E-state index < -0.39 is 20.4 Å². The summed E-state index contributed by atoms with van der Waals surface area (Å²) in [5.41, 5.74) is 2.29. The maximum absolute atomic E-state index is 12.1. The molecule has 138 valence electrons. The van der Waals surface area contributed by atoms with Gasteiger partial charge in [0.2, 0.25) is 5.91 Å². The van der Waals surface area contributed by atoms with Crippen LogP contribution in [0.2, 0.25) is 0 Å². The Morgan fingerprint density at radius 1 is 1.15 bits per heavy atom. The summed E-state index contributed by atoms with van der Waals surface area (Å²) in [6.07, 6.45) is 0.969. The molecule has 0 atom stereocenters. The van der Waals surface area contributed by atoms with Crippen molar-refractivity contribution in [1.82, 2.24) is 0 Å². The number of hydrogen-bond acceptors (Lipinski definition) is 6. The zero-order valence-corrected chi connectivity index (χ0v) is 15.4. The fraction of sp³-hybridized carbons (Fsp3) is 0.235. The van der Waals surface area contributed by atoms with Gasteiger partial charge in [-0.05, 0) is 43.2 Å². The van der Waals surface area contributed by atoms with Gasteiger partial charge >= 0.3 is 0 Å². The highest BCUT2D eigenvalue weighted by Crippen LogP contribution is 2.27. The Balaban J connectivity index is 2.15. The van der Waals surface area contributed by atoms with Crippen molar-refractivity contribution in [1.29, 1.82) is 0 Å². The molecule has 2 aromatic carbocycles. The summed E-state index contributed by atoms with van der Waals surface area (Å²) in [5, 5.41) is 16.6. The van der Waals surface area contributed by atoms with Crippen molar-refractivity contribution < 1.29 is 18.1 Å². The van der Waals surface area contributed by atoms with Crippen LogP contribution >= 0.6 is 0 Å². The van der Waals surface area contributed by atoms with Crippen molar-refractivity contribution in [3.05, 3.63) is 57.6 Å². The minimum atomic E-state index is -3.57. The van der Waals surface area contributed by atoms with Crippen LogP contribution in [0.3, 0.4) is 0 Å². The number of rotatable bonds is 6. The van der Waals surface area contributed by atoms with Crippen molar-refractivity contribution in [2.24, 2.45) is 0 Å². The monoisotopic (exact) mass is 377 g/mol. The van der Waals surface area contributed by atoms with Gasteiger partial charge in [0.25, 0.3) is 5.69 Å². The summed E-state index contributed by atoms with van der Waals surface area (Å²) in [4.78, 5) is 22.5. The maximum atomic E-state index is 12.1. The highest BCUT2D eigenvalue weighted by molar-refractivity contribution is 7.90. The molecule has 0 radical (unpaired) electrons. The van der Waals surface area contributed by atoms with Gasteiger partial charge in [0.15, 0.2) is 9.84 Å². The largest absolute Gasteiger partial charge is 0.371 e. The first kappa shape index (κ1) is 19.4. The molecule has 0 saturated heterocycles. The molecule has 0 heterocycles. The third kappa shape index (κ3) is 4.57. The average Bonchev–Trinajstić information content (AvgIpc) is 2.56. The Bertz CT molecular complexity index is 970. The third-order valence-electron chi connectivity index (χ3n) is 3.91. The Labute approximate surface area is 151 Å². The molecule has 0 aromatic heterocycles. The van der Waals surface area contributed by atoms with E-state index in [9.17, 15) is 23.3 Å². The molecule has 9 heteroatoms. The van der Waals surface area contributed by atoms with Gasteiger partial charge in [-0.1, -0.05) is 12.1 Å². The van der Waals surface area contributed by atoms with E-state index in [2.05, 4.69) is 10.6 Å². The predicted molar refractivity (Wildman–Crippen MR) is 99.2 cm³/mol. The quantitative estimate of drug-likeness (QED) is 0.590. The van der Waals surface area contributed by atoms with E-state index in [1.165, 1.54) is 12.1 Å². The standard InChI is InChI=1S/C17H19N3O5S/c1-11-5-4-6-14(12(11)2)19-17(21)10-18-15-8-7-13(26(3,24)25)9-16(15)20(22)23/h4-9,18H,10H2,1-3H3,(H,19,21). The summed E-state index contributed by atoms with van der Waals surface area (Å²) in [6.45, 7) is 3.61. The SMILES string of the molecule is Cc1cccc(NC(=O)CNc2ccc(S(C)(=O)=O)cc2[N+](=O)[O-])c1C. The minimum absolute atomic E-state index is 0.0681. The maximum Gasteiger partial charge on any atom is 0.293 e. The molecule has 2 aromatic rings. The number of aryl methyl sites for hydroxylation is 1. The number of carbonyl (C=O) groups excluding carboxylic acids is 1. The lowest BCUT2D eigenvalue weighted by Crippen LogP contribution is -2.22. The van der Waals surface area contributed by atoms with Crippen LogP contribution in [-0.2, 0) is 14.6 Å². The minimum Gasteiger partial charge on any atom is -0.371 e. The van der Waals surface area contributed by atoms with Crippen LogP contribution in [0.4, 0.5) is 17.1 Å². The number of nitro benzene ring substituents is 1. The molecule has 0 aliphatic rings. The topological polar surface area (TPSA) is 118 Å². The van der Waals surface area contributed by atoms with Gasteiger partial charge in [0, 0.05) is 18.0 Å². The highest BCUT2D eigenvalue weighted by Gasteiger charge is 2.19. The van der Waals surface area contributed by atoms with Crippen LogP contribution in [0.1, 0.15) is 11.1 Å². The third-order valence-corrected chi connectivity index (χ3v) is 5.02. The first-order chi connectivity index (χ1) is 12.1. The van der Waals surface area contributed by atoms with E-state index in [1.807, 2.05) is 26.0 Å². The number of nitro groups is 1. The first-order valence-corrected chi connectivity index (χ1v) is 9.57. The van der Waals surface area contributed by atoms with Crippen LogP contribution in [0, 0.1) is 24.0 Å². The smallest absolute Gasteiger partial charge is 0.293 e. The number of carbonyl (C=O) groups is 1. The lowest BCUT2D eigenvalue weighted by Gasteiger charge is -2.12. The van der Waals surface area contributed by atoms with E-state index >= 15 is 0 Å². The fourth-order valence-electron chi connectivity index (χ4n) is 2.30. The van der Waals surface area contributed by atoms with Crippen LogP contribution in [0.5, 0.6) is 0 Å². The number of sulfone groups is 1. The molecule has 2 N–H and O–H groups in total. The molecule has 8 nitrogen and oxygen atoms in total. The van der Waals surface area contributed by atoms with Gasteiger partial charge in [0.05, 0.1) is 16.4 Å². The number of nitrogens with zero attached hydrogens (tertiary/aromatic N) is 1. The molecule has 0 saturated carbocycles. The molecule has 1 amide bonds. The molecule has 0 fully saturated rings. The summed E-state index contributed by atoms with van der Waals surface area (Å²) in [7, 11) is -3.57. The Morgan fingerprint density at radius 2 is 1.85 bits per heavy atom. The number of hydrogen-bond donors (Lipinski definition) is 2. The summed E-state index contributed by atoms with van der Waals surface area (Å²) in [5.74, 6) is -0.375. The van der Waals surface area contributed by atoms with E-state index in [-0.39, 0.29) is 23.0 Å². The molecule has 0 unspecified atom stereocenters. The Morgan fingerprint density at radius 3 is 2.46 bits per heavy atom. The van der Waals surface area contributed by atoms with Crippen LogP contribution in [0.15, 0.2) is 41.3 Å². The molecule has 0 aliphatic carbocycles. The van der Waals surface area contributed by atoms with E-state index in [1.54, 1.807) is 6.07 Å². The van der Waals surface area contributed by atoms with Gasteiger partial charge in [-0.3, -0.25) is 14.9 Å². The number of amides is 1. The molecular weight excluding hydrogens is 358 g/mol. The second-order valence-corrected chi connectivity index (χ2v) is 7.87. The normalized spacial score (nSPS) is 11.0. The zero-order valence-electron chi connectivity index (χ0n) is 14.6. The van der Waals surface area contributed by atoms with E-state index in [4.69, 9.17) is 0 Å². The second-order valence-electron chi connectivity index (χ2n) is 5.86. The molecule has 0 spiro atoms. The fourth-order valence-corrected chi connectivity index (χ4v) is 2.94. The van der Waals surface area contributed by atoms with Crippen LogP contribution in [0.25, 0.3) is 0 Å². The lowest BCUT2D eigenvalue weighted by atomic mass is 10.1. The van der Waals surface area contributed by atoms with Crippen molar-refractivity contribution in [2.45, 2.75) is 18.7 Å². The van der Waals surface area contributed by atoms with Crippen molar-refractivity contribution >= 4 is 32.8 Å². The van der Waals surface area contributed by atoms with Crippen molar-refractivity contribution in [3.8, 4) is 0 Å². The summed E-state index contributed by atoms with van der Waals surface area (Å²) >= 11 is 0. The second kappa shape index (κ2) is 7.52. The molecule has 0 bridgehead atoms. The highest BCUT2D eigenvalue weighted by atomic mass is 32.2. The lowest BCUT2D eigenvalue weighted by molar-refractivity contribution is -0.384. The average molecular weight is 377 g/mol. The molecule has 2 rings (SSSR count). The molecule has 0 aliphatic heterocycles. The van der Waals surface area contributed by atoms with Crippen molar-refractivity contribution in [2.75, 3.05) is 23.4 Å². The number of anilines is 2. The number of nitrogens with one attached hydrogen (secondary N) is 2. The molecule has 26 heavy (non-hydrogen) atoms. The van der Waals surface area contributed by atoms with Crippen LogP contribution in [-0.4, -0.2) is 32.0 Å². The van der Waals surface area contributed by atoms with Crippen LogP contribution < -0.4 is 10.6 Å². The van der Waals surface area contributed by atoms with E-state index in [0.29, 0.717) is 5.69 Å². The van der Waals surface area contributed by atoms with Gasteiger partial charge in [-0.2, -0.15) is 0 Å². The van der Waals surface area contributed by atoms with Gasteiger partial charge in [0.1, 0.15) is 5.69 Å². The summed E-state index contributed by atoms with van der Waals surface area (Å²) in [6, 6.07) is 9.02. The van der Waals surface area contributed by atoms with Gasteiger partial charge in [-0.15, -0.1) is 0 Å². The summed E-state index contributed by atoms with van der Waals surface area (Å²) < 4.78 is 23.1. The Hall–Kier alpha value is -2.94. The first-order valence-electron chi connectivity index (χ1n) is 7.68.